The Bertz CT molecular complexity index is 1240. The number of nitrogens with zero attached hydrogens (tertiary/aromatic N) is 1. The number of rotatable bonds is 10. The molecule has 0 aliphatic heterocycles. The van der Waals surface area contributed by atoms with Crippen molar-refractivity contribution in [3.8, 4) is 11.5 Å². The second-order valence-corrected chi connectivity index (χ2v) is 9.92. The lowest BCUT2D eigenvalue weighted by Gasteiger charge is -2.25. The van der Waals surface area contributed by atoms with Crippen LogP contribution in [0.1, 0.15) is 27.0 Å². The average molecular weight is 483 g/mol. The van der Waals surface area contributed by atoms with Crippen molar-refractivity contribution in [2.45, 2.75) is 20.4 Å². The Morgan fingerprint density at radius 3 is 2.29 bits per heavy atom. The SMILES string of the molecule is COc1ccccc1OCCNC(=O)c1ccc(CN(c2cc(C)ccc2C)S(C)(=O)=O)cc1. The van der Waals surface area contributed by atoms with Gasteiger partial charge < -0.3 is 14.8 Å². The molecule has 0 aliphatic rings. The Kier molecular flexibility index (Phi) is 8.17. The summed E-state index contributed by atoms with van der Waals surface area (Å²) in [5.74, 6) is 1.01. The van der Waals surface area contributed by atoms with E-state index < -0.39 is 10.0 Å². The summed E-state index contributed by atoms with van der Waals surface area (Å²) in [5.41, 5.74) is 3.78. The fourth-order valence-electron chi connectivity index (χ4n) is 3.46. The maximum Gasteiger partial charge on any atom is 0.251 e. The fraction of sp³-hybridized carbons (Fsp3) is 0.269. The number of hydrogen-bond donors (Lipinski definition) is 1. The summed E-state index contributed by atoms with van der Waals surface area (Å²) >= 11 is 0. The van der Waals surface area contributed by atoms with Crippen LogP contribution in [0.2, 0.25) is 0 Å². The molecular formula is C26H30N2O5S. The quantitative estimate of drug-likeness (QED) is 0.440. The van der Waals surface area contributed by atoms with Gasteiger partial charge in [-0.3, -0.25) is 9.10 Å². The Hall–Kier alpha value is -3.52. The highest BCUT2D eigenvalue weighted by molar-refractivity contribution is 7.92. The molecule has 3 aromatic carbocycles. The molecule has 0 saturated heterocycles. The molecule has 0 saturated carbocycles. The number of ether oxygens (including phenoxy) is 2. The Morgan fingerprint density at radius 2 is 1.65 bits per heavy atom. The van der Waals surface area contributed by atoms with Crippen molar-refractivity contribution in [3.63, 3.8) is 0 Å². The average Bonchev–Trinajstić information content (AvgIpc) is 2.81. The minimum Gasteiger partial charge on any atom is -0.493 e. The smallest absolute Gasteiger partial charge is 0.251 e. The number of hydrogen-bond acceptors (Lipinski definition) is 5. The van der Waals surface area contributed by atoms with E-state index in [1.165, 1.54) is 10.6 Å². The van der Waals surface area contributed by atoms with Crippen LogP contribution in [0.4, 0.5) is 5.69 Å². The standard InChI is InChI=1S/C26H30N2O5S/c1-19-9-10-20(2)23(17-19)28(34(4,30)31)18-21-11-13-22(14-12-21)26(29)27-15-16-33-25-8-6-5-7-24(25)32-3/h5-14,17H,15-16,18H2,1-4H3,(H,27,29). The summed E-state index contributed by atoms with van der Waals surface area (Å²) < 4.78 is 37.3. The molecule has 180 valence electrons. The highest BCUT2D eigenvalue weighted by atomic mass is 32.2. The summed E-state index contributed by atoms with van der Waals surface area (Å²) in [4.78, 5) is 12.5. The van der Waals surface area contributed by atoms with Crippen LogP contribution in [0, 0.1) is 13.8 Å². The molecule has 0 aliphatic carbocycles. The largest absolute Gasteiger partial charge is 0.493 e. The van der Waals surface area contributed by atoms with E-state index in [9.17, 15) is 13.2 Å². The van der Waals surface area contributed by atoms with Gasteiger partial charge in [0, 0.05) is 5.56 Å². The molecule has 3 aromatic rings. The summed E-state index contributed by atoms with van der Waals surface area (Å²) in [6.45, 7) is 4.62. The number of carbonyl (C=O) groups excluding carboxylic acids is 1. The molecule has 1 N–H and O–H groups in total. The van der Waals surface area contributed by atoms with Crippen LogP contribution in [-0.2, 0) is 16.6 Å². The predicted octanol–water partition coefficient (Wildman–Crippen LogP) is 4.09. The van der Waals surface area contributed by atoms with Crippen LogP contribution in [0.3, 0.4) is 0 Å². The number of aryl methyl sites for hydroxylation is 2. The van der Waals surface area contributed by atoms with Crippen molar-refractivity contribution >= 4 is 21.6 Å². The summed E-state index contributed by atoms with van der Waals surface area (Å²) in [7, 11) is -1.92. The van der Waals surface area contributed by atoms with E-state index >= 15 is 0 Å². The van der Waals surface area contributed by atoms with Gasteiger partial charge >= 0.3 is 0 Å². The zero-order valence-corrected chi connectivity index (χ0v) is 20.7. The van der Waals surface area contributed by atoms with Gasteiger partial charge in [-0.15, -0.1) is 0 Å². The van der Waals surface area contributed by atoms with E-state index in [4.69, 9.17) is 9.47 Å². The molecule has 1 amide bonds. The van der Waals surface area contributed by atoms with E-state index in [2.05, 4.69) is 5.32 Å². The van der Waals surface area contributed by atoms with E-state index in [0.717, 1.165) is 16.7 Å². The summed E-state index contributed by atoms with van der Waals surface area (Å²) in [6, 6.07) is 20.0. The van der Waals surface area contributed by atoms with E-state index in [0.29, 0.717) is 35.9 Å². The van der Waals surface area contributed by atoms with Gasteiger partial charge in [-0.05, 0) is 60.9 Å². The molecular weight excluding hydrogens is 452 g/mol. The van der Waals surface area contributed by atoms with Gasteiger partial charge in [-0.2, -0.15) is 0 Å². The minimum atomic E-state index is -3.49. The highest BCUT2D eigenvalue weighted by Gasteiger charge is 2.20. The maximum absolute atomic E-state index is 12.5. The van der Waals surface area contributed by atoms with Crippen molar-refractivity contribution in [2.75, 3.05) is 30.8 Å². The summed E-state index contributed by atoms with van der Waals surface area (Å²) in [5, 5.41) is 2.82. The first-order chi connectivity index (χ1) is 16.2. The zero-order valence-electron chi connectivity index (χ0n) is 19.9. The number of carbonyl (C=O) groups is 1. The molecule has 0 fully saturated rings. The van der Waals surface area contributed by atoms with Crippen molar-refractivity contribution in [3.05, 3.63) is 89.0 Å². The van der Waals surface area contributed by atoms with Gasteiger partial charge in [0.25, 0.3) is 5.91 Å². The number of para-hydroxylation sites is 2. The molecule has 7 nitrogen and oxygen atoms in total. The van der Waals surface area contributed by atoms with Crippen LogP contribution in [0.15, 0.2) is 66.7 Å². The van der Waals surface area contributed by atoms with Crippen molar-refractivity contribution in [1.82, 2.24) is 5.32 Å². The van der Waals surface area contributed by atoms with E-state index in [-0.39, 0.29) is 12.5 Å². The van der Waals surface area contributed by atoms with Gasteiger partial charge in [-0.25, -0.2) is 8.42 Å². The first-order valence-electron chi connectivity index (χ1n) is 10.9. The van der Waals surface area contributed by atoms with Crippen LogP contribution in [0.5, 0.6) is 11.5 Å². The Balaban J connectivity index is 1.61. The molecule has 34 heavy (non-hydrogen) atoms. The monoisotopic (exact) mass is 482 g/mol. The molecule has 0 bridgehead atoms. The number of benzene rings is 3. The molecule has 0 aromatic heterocycles. The number of methoxy groups -OCH3 is 1. The molecule has 8 heteroatoms. The third-order valence-corrected chi connectivity index (χ3v) is 6.42. The lowest BCUT2D eigenvalue weighted by Crippen LogP contribution is -2.30. The van der Waals surface area contributed by atoms with Gasteiger partial charge in [-0.1, -0.05) is 36.4 Å². The predicted molar refractivity (Wildman–Crippen MR) is 134 cm³/mol. The van der Waals surface area contributed by atoms with Gasteiger partial charge in [0.05, 0.1) is 32.1 Å². The van der Waals surface area contributed by atoms with Gasteiger partial charge in [0.2, 0.25) is 10.0 Å². The van der Waals surface area contributed by atoms with Crippen LogP contribution in [-0.4, -0.2) is 40.8 Å². The Morgan fingerprint density at radius 1 is 0.971 bits per heavy atom. The van der Waals surface area contributed by atoms with Crippen LogP contribution >= 0.6 is 0 Å². The normalized spacial score (nSPS) is 11.1. The van der Waals surface area contributed by atoms with Crippen LogP contribution in [0.25, 0.3) is 0 Å². The summed E-state index contributed by atoms with van der Waals surface area (Å²) in [6.07, 6.45) is 1.20. The van der Waals surface area contributed by atoms with E-state index in [1.807, 2.05) is 44.2 Å². The first-order valence-corrected chi connectivity index (χ1v) is 12.7. The minimum absolute atomic E-state index is 0.178. The number of sulfonamides is 1. The second kappa shape index (κ2) is 11.1. The lowest BCUT2D eigenvalue weighted by atomic mass is 10.1. The Labute approximate surface area is 201 Å². The van der Waals surface area contributed by atoms with Crippen molar-refractivity contribution in [2.24, 2.45) is 0 Å². The zero-order chi connectivity index (χ0) is 24.7. The van der Waals surface area contributed by atoms with Crippen molar-refractivity contribution < 1.29 is 22.7 Å². The highest BCUT2D eigenvalue weighted by Crippen LogP contribution is 2.26. The second-order valence-electron chi connectivity index (χ2n) is 8.01. The fourth-order valence-corrected chi connectivity index (χ4v) is 4.40. The van der Waals surface area contributed by atoms with Gasteiger partial charge in [0.15, 0.2) is 11.5 Å². The maximum atomic E-state index is 12.5. The van der Waals surface area contributed by atoms with Crippen LogP contribution < -0.4 is 19.1 Å². The molecule has 0 unspecified atom stereocenters. The molecule has 0 radical (unpaired) electrons. The van der Waals surface area contributed by atoms with Gasteiger partial charge in [0.1, 0.15) is 6.61 Å². The lowest BCUT2D eigenvalue weighted by molar-refractivity contribution is 0.0947. The first kappa shape index (κ1) is 25.1. The van der Waals surface area contributed by atoms with Crippen molar-refractivity contribution in [1.29, 1.82) is 0 Å². The molecule has 3 rings (SSSR count). The van der Waals surface area contributed by atoms with E-state index in [1.54, 1.807) is 43.5 Å². The molecule has 0 heterocycles. The number of nitrogens with one attached hydrogen (secondary N) is 1. The molecule has 0 atom stereocenters. The topological polar surface area (TPSA) is 84.9 Å². The number of amides is 1. The number of anilines is 1. The molecule has 0 spiro atoms. The third kappa shape index (κ3) is 6.51. The third-order valence-electron chi connectivity index (χ3n) is 5.29.